The number of benzene rings is 2. The first kappa shape index (κ1) is 14.8. The minimum Gasteiger partial charge on any atom is -0.0895 e. The molecule has 0 amide bonds. The molecule has 2 aromatic rings. The molecule has 0 spiro atoms. The highest BCUT2D eigenvalue weighted by Gasteiger charge is 2.08. The van der Waals surface area contributed by atoms with Gasteiger partial charge in [-0.3, -0.25) is 0 Å². The third-order valence-electron chi connectivity index (χ3n) is 3.13. The Hall–Kier alpha value is -0.630. The number of hydrogen-bond acceptors (Lipinski definition) is 1. The lowest BCUT2D eigenvalue weighted by molar-refractivity contribution is 1.22. The van der Waals surface area contributed by atoms with Crippen LogP contribution in [0.2, 0.25) is 10.0 Å². The van der Waals surface area contributed by atoms with Crippen molar-refractivity contribution in [3.8, 4) is 0 Å². The summed E-state index contributed by atoms with van der Waals surface area (Å²) in [5.41, 5.74) is 4.62. The molecule has 0 saturated carbocycles. The molecule has 0 aliphatic rings. The van der Waals surface area contributed by atoms with Gasteiger partial charge < -0.3 is 0 Å². The van der Waals surface area contributed by atoms with E-state index in [0.29, 0.717) is 0 Å². The maximum absolute atomic E-state index is 6.14. The van der Waals surface area contributed by atoms with Gasteiger partial charge in [-0.25, -0.2) is 0 Å². The normalized spacial score (nSPS) is 10.8. The van der Waals surface area contributed by atoms with Crippen LogP contribution in [0.4, 0.5) is 0 Å². The highest BCUT2D eigenvalue weighted by Crippen LogP contribution is 2.36. The molecular weight excluding hydrogens is 295 g/mol. The van der Waals surface area contributed by atoms with E-state index < -0.39 is 0 Å². The van der Waals surface area contributed by atoms with Gasteiger partial charge in [-0.05, 0) is 74.2 Å². The van der Waals surface area contributed by atoms with Crippen LogP contribution in [0.1, 0.15) is 22.3 Å². The van der Waals surface area contributed by atoms with Crippen molar-refractivity contribution in [2.24, 2.45) is 0 Å². The third-order valence-corrected chi connectivity index (χ3v) is 5.27. The Morgan fingerprint density at radius 2 is 1.00 bits per heavy atom. The Morgan fingerprint density at radius 1 is 0.632 bits per heavy atom. The predicted molar refractivity (Wildman–Crippen MR) is 86.0 cm³/mol. The van der Waals surface area contributed by atoms with Crippen LogP contribution in [0.15, 0.2) is 34.1 Å². The molecule has 0 fully saturated rings. The molecule has 0 bridgehead atoms. The van der Waals surface area contributed by atoms with Crippen molar-refractivity contribution in [1.82, 2.24) is 0 Å². The number of aryl methyl sites for hydroxylation is 4. The van der Waals surface area contributed by atoms with E-state index >= 15 is 0 Å². The minimum atomic E-state index is 0.825. The Labute approximate surface area is 129 Å². The fraction of sp³-hybridized carbons (Fsp3) is 0.250. The molecule has 0 N–H and O–H groups in total. The van der Waals surface area contributed by atoms with Crippen LogP contribution in [0.25, 0.3) is 0 Å². The van der Waals surface area contributed by atoms with E-state index in [1.165, 1.54) is 20.9 Å². The van der Waals surface area contributed by atoms with Crippen LogP contribution in [0, 0.1) is 27.7 Å². The summed E-state index contributed by atoms with van der Waals surface area (Å²) in [6, 6.07) is 8.34. The highest BCUT2D eigenvalue weighted by molar-refractivity contribution is 7.99. The van der Waals surface area contributed by atoms with Crippen molar-refractivity contribution in [3.05, 3.63) is 56.6 Å². The highest BCUT2D eigenvalue weighted by atomic mass is 35.5. The van der Waals surface area contributed by atoms with Gasteiger partial charge >= 0.3 is 0 Å². The van der Waals surface area contributed by atoms with Gasteiger partial charge in [0.05, 0.1) is 0 Å². The van der Waals surface area contributed by atoms with Gasteiger partial charge in [0.1, 0.15) is 0 Å². The van der Waals surface area contributed by atoms with Crippen molar-refractivity contribution >= 4 is 35.0 Å². The van der Waals surface area contributed by atoms with Gasteiger partial charge in [-0.15, -0.1) is 0 Å². The summed E-state index contributed by atoms with van der Waals surface area (Å²) >= 11 is 14.0. The summed E-state index contributed by atoms with van der Waals surface area (Å²) in [5.74, 6) is 0. The second-order valence-corrected chi connectivity index (χ2v) is 6.73. The average Bonchev–Trinajstić information content (AvgIpc) is 2.32. The van der Waals surface area contributed by atoms with E-state index in [1.54, 1.807) is 11.8 Å². The van der Waals surface area contributed by atoms with Crippen molar-refractivity contribution in [3.63, 3.8) is 0 Å². The van der Waals surface area contributed by atoms with Crippen LogP contribution >= 0.6 is 35.0 Å². The molecule has 100 valence electrons. The van der Waals surface area contributed by atoms with Gasteiger partial charge in [0.2, 0.25) is 0 Å². The summed E-state index contributed by atoms with van der Waals surface area (Å²) in [4.78, 5) is 2.48. The molecule has 0 atom stereocenters. The molecule has 0 unspecified atom stereocenters. The molecule has 0 saturated heterocycles. The zero-order valence-corrected chi connectivity index (χ0v) is 13.8. The Morgan fingerprint density at radius 3 is 1.37 bits per heavy atom. The standard InChI is InChI=1S/C16H16Cl2S/c1-9-7-15(11(3)5-13(9)17)19-16-8-10(2)14(18)6-12(16)4/h5-8H,1-4H3. The van der Waals surface area contributed by atoms with Crippen LogP contribution in [-0.2, 0) is 0 Å². The van der Waals surface area contributed by atoms with E-state index in [1.807, 2.05) is 26.0 Å². The monoisotopic (exact) mass is 310 g/mol. The average molecular weight is 311 g/mol. The van der Waals surface area contributed by atoms with Gasteiger partial charge in [0, 0.05) is 19.8 Å². The first-order valence-corrected chi connectivity index (χ1v) is 7.67. The Bertz CT molecular complexity index is 578. The van der Waals surface area contributed by atoms with E-state index in [4.69, 9.17) is 23.2 Å². The molecule has 0 aliphatic carbocycles. The van der Waals surface area contributed by atoms with E-state index in [0.717, 1.165) is 21.2 Å². The zero-order valence-electron chi connectivity index (χ0n) is 11.5. The second kappa shape index (κ2) is 5.78. The molecule has 2 aromatic carbocycles. The van der Waals surface area contributed by atoms with E-state index in [9.17, 15) is 0 Å². The topological polar surface area (TPSA) is 0 Å². The zero-order chi connectivity index (χ0) is 14.2. The number of hydrogen-bond donors (Lipinski definition) is 0. The molecule has 19 heavy (non-hydrogen) atoms. The van der Waals surface area contributed by atoms with Gasteiger partial charge in [0.25, 0.3) is 0 Å². The molecule has 0 aromatic heterocycles. The van der Waals surface area contributed by atoms with Crippen molar-refractivity contribution < 1.29 is 0 Å². The molecular formula is C16H16Cl2S. The van der Waals surface area contributed by atoms with Crippen LogP contribution in [0.3, 0.4) is 0 Å². The lowest BCUT2D eigenvalue weighted by Gasteiger charge is -2.12. The van der Waals surface area contributed by atoms with E-state index in [2.05, 4.69) is 26.0 Å². The quantitative estimate of drug-likeness (QED) is 0.620. The van der Waals surface area contributed by atoms with Crippen LogP contribution < -0.4 is 0 Å². The predicted octanol–water partition coefficient (Wildman–Crippen LogP) is 6.38. The van der Waals surface area contributed by atoms with Gasteiger partial charge in [-0.1, -0.05) is 35.0 Å². The van der Waals surface area contributed by atoms with Gasteiger partial charge in [0.15, 0.2) is 0 Å². The summed E-state index contributed by atoms with van der Waals surface area (Å²) in [7, 11) is 0. The first-order valence-electron chi connectivity index (χ1n) is 6.10. The molecule has 0 radical (unpaired) electrons. The smallest absolute Gasteiger partial charge is 0.0438 e. The van der Waals surface area contributed by atoms with Crippen molar-refractivity contribution in [1.29, 1.82) is 0 Å². The Kier molecular flexibility index (Phi) is 4.50. The van der Waals surface area contributed by atoms with E-state index in [-0.39, 0.29) is 0 Å². The SMILES string of the molecule is Cc1cc(Sc2cc(C)c(Cl)cc2C)c(C)cc1Cl. The second-order valence-electron chi connectivity index (χ2n) is 4.84. The van der Waals surface area contributed by atoms with Crippen LogP contribution in [0.5, 0.6) is 0 Å². The summed E-state index contributed by atoms with van der Waals surface area (Å²) in [5, 5.41) is 1.65. The molecule has 0 aliphatic heterocycles. The third kappa shape index (κ3) is 3.28. The summed E-state index contributed by atoms with van der Waals surface area (Å²) < 4.78 is 0. The minimum absolute atomic E-state index is 0.825. The lowest BCUT2D eigenvalue weighted by atomic mass is 10.2. The van der Waals surface area contributed by atoms with Crippen molar-refractivity contribution in [2.45, 2.75) is 37.5 Å². The maximum atomic E-state index is 6.14. The lowest BCUT2D eigenvalue weighted by Crippen LogP contribution is -1.87. The number of halogens is 2. The largest absolute Gasteiger partial charge is 0.0895 e. The van der Waals surface area contributed by atoms with Crippen molar-refractivity contribution in [2.75, 3.05) is 0 Å². The maximum Gasteiger partial charge on any atom is 0.0438 e. The fourth-order valence-corrected chi connectivity index (χ4v) is 3.43. The summed E-state index contributed by atoms with van der Waals surface area (Å²) in [6.45, 7) is 8.25. The number of rotatable bonds is 2. The van der Waals surface area contributed by atoms with Gasteiger partial charge in [-0.2, -0.15) is 0 Å². The Balaban J connectivity index is 2.42. The molecule has 0 nitrogen and oxygen atoms in total. The fourth-order valence-electron chi connectivity index (χ4n) is 1.85. The molecule has 0 heterocycles. The molecule has 2 rings (SSSR count). The van der Waals surface area contributed by atoms with Crippen LogP contribution in [-0.4, -0.2) is 0 Å². The first-order chi connectivity index (χ1) is 8.88. The summed E-state index contributed by atoms with van der Waals surface area (Å²) in [6.07, 6.45) is 0. The molecule has 3 heteroatoms.